The van der Waals surface area contributed by atoms with Gasteiger partial charge >= 0.3 is 12.1 Å². The molecule has 1 atom stereocenters. The molecule has 2 heterocycles. The van der Waals surface area contributed by atoms with Gasteiger partial charge in [-0.25, -0.2) is 9.78 Å². The minimum Gasteiger partial charge on any atom is -0.480 e. The van der Waals surface area contributed by atoms with Crippen LogP contribution in [0.2, 0.25) is 0 Å². The molecule has 1 aliphatic heterocycles. The number of ether oxygens (including phenoxy) is 1. The summed E-state index contributed by atoms with van der Waals surface area (Å²) in [5.41, 5.74) is -0.573. The zero-order valence-electron chi connectivity index (χ0n) is 14.6. The number of carbonyl (C=O) groups excluding carboxylic acids is 1. The highest BCUT2D eigenvalue weighted by Crippen LogP contribution is 2.30. The maximum absolute atomic E-state index is 12.6. The van der Waals surface area contributed by atoms with E-state index in [9.17, 15) is 27.9 Å². The number of likely N-dealkylation sites (tertiary alicyclic amines) is 1. The fourth-order valence-electron chi connectivity index (χ4n) is 2.99. The van der Waals surface area contributed by atoms with Gasteiger partial charge in [0.15, 0.2) is 0 Å². The van der Waals surface area contributed by atoms with Crippen LogP contribution in [0, 0.1) is 0 Å². The predicted molar refractivity (Wildman–Crippen MR) is 92.1 cm³/mol. The van der Waals surface area contributed by atoms with Crippen molar-refractivity contribution in [2.45, 2.75) is 31.5 Å². The average molecular weight is 394 g/mol. The molecule has 0 saturated carbocycles. The van der Waals surface area contributed by atoms with E-state index in [4.69, 9.17) is 4.74 Å². The van der Waals surface area contributed by atoms with Crippen LogP contribution in [0.5, 0.6) is 11.6 Å². The van der Waals surface area contributed by atoms with Crippen LogP contribution in [0.15, 0.2) is 42.6 Å². The van der Waals surface area contributed by atoms with Crippen molar-refractivity contribution in [3.8, 4) is 11.6 Å². The summed E-state index contributed by atoms with van der Waals surface area (Å²) < 4.78 is 43.0. The lowest BCUT2D eigenvalue weighted by Crippen LogP contribution is -2.47. The van der Waals surface area contributed by atoms with Gasteiger partial charge in [0.1, 0.15) is 11.8 Å². The molecule has 9 heteroatoms. The fourth-order valence-corrected chi connectivity index (χ4v) is 2.99. The van der Waals surface area contributed by atoms with E-state index in [1.165, 1.54) is 29.2 Å². The molecule has 1 aliphatic rings. The zero-order valence-corrected chi connectivity index (χ0v) is 14.6. The molecule has 0 aliphatic carbocycles. The third kappa shape index (κ3) is 4.41. The molecule has 0 radical (unpaired) electrons. The molecule has 1 amide bonds. The zero-order chi connectivity index (χ0) is 20.3. The number of nitrogens with zero attached hydrogens (tertiary/aromatic N) is 2. The van der Waals surface area contributed by atoms with Crippen molar-refractivity contribution in [1.82, 2.24) is 9.88 Å². The first-order valence-corrected chi connectivity index (χ1v) is 8.60. The Bertz CT molecular complexity index is 851. The first kappa shape index (κ1) is 19.7. The second-order valence-corrected chi connectivity index (χ2v) is 6.36. The van der Waals surface area contributed by atoms with Gasteiger partial charge in [0.2, 0.25) is 5.88 Å². The van der Waals surface area contributed by atoms with Crippen molar-refractivity contribution in [3.05, 3.63) is 53.7 Å². The number of amides is 1. The lowest BCUT2D eigenvalue weighted by molar-refractivity contribution is -0.143. The summed E-state index contributed by atoms with van der Waals surface area (Å²) in [6, 6.07) is 7.05. The van der Waals surface area contributed by atoms with E-state index in [1.807, 2.05) is 0 Å². The Hall–Kier alpha value is -3.10. The van der Waals surface area contributed by atoms with Gasteiger partial charge in [0, 0.05) is 24.4 Å². The summed E-state index contributed by atoms with van der Waals surface area (Å²) in [5.74, 6) is -1.14. The van der Waals surface area contributed by atoms with E-state index in [0.717, 1.165) is 25.0 Å². The highest BCUT2D eigenvalue weighted by Gasteiger charge is 2.32. The van der Waals surface area contributed by atoms with Gasteiger partial charge in [-0.1, -0.05) is 0 Å². The maximum atomic E-state index is 12.6. The lowest BCUT2D eigenvalue weighted by atomic mass is 10.0. The number of alkyl halides is 3. The van der Waals surface area contributed by atoms with Crippen molar-refractivity contribution >= 4 is 11.9 Å². The third-order valence-corrected chi connectivity index (χ3v) is 4.44. The van der Waals surface area contributed by atoms with E-state index in [0.29, 0.717) is 24.7 Å². The third-order valence-electron chi connectivity index (χ3n) is 4.44. The largest absolute Gasteiger partial charge is 0.480 e. The molecule has 148 valence electrons. The summed E-state index contributed by atoms with van der Waals surface area (Å²) >= 11 is 0. The standard InChI is InChI=1S/C19H17F3N2O4/c20-19(21,22)13-6-9-16(23-11-13)28-14-7-4-12(5-8-14)17(25)24-10-2-1-3-15(24)18(26)27/h4-9,11,15H,1-3,10H2,(H,26,27)/t15-/m1/s1. The second kappa shape index (κ2) is 7.87. The van der Waals surface area contributed by atoms with Gasteiger partial charge in [-0.3, -0.25) is 4.79 Å². The molecule has 6 nitrogen and oxygen atoms in total. The molecule has 0 bridgehead atoms. The van der Waals surface area contributed by atoms with E-state index in [2.05, 4.69) is 4.98 Å². The van der Waals surface area contributed by atoms with Crippen LogP contribution in [0.1, 0.15) is 35.2 Å². The van der Waals surface area contributed by atoms with Crippen molar-refractivity contribution in [2.75, 3.05) is 6.54 Å². The highest BCUT2D eigenvalue weighted by atomic mass is 19.4. The van der Waals surface area contributed by atoms with Crippen LogP contribution in [0.4, 0.5) is 13.2 Å². The Morgan fingerprint density at radius 2 is 1.82 bits per heavy atom. The topological polar surface area (TPSA) is 79.7 Å². The van der Waals surface area contributed by atoms with Crippen LogP contribution < -0.4 is 4.74 Å². The normalized spacial score (nSPS) is 17.2. The number of carboxylic acids is 1. The number of hydrogen-bond donors (Lipinski definition) is 1. The van der Waals surface area contributed by atoms with E-state index in [-0.39, 0.29) is 17.5 Å². The molecule has 1 aromatic heterocycles. The first-order valence-electron chi connectivity index (χ1n) is 8.60. The Morgan fingerprint density at radius 1 is 1.11 bits per heavy atom. The number of carboxylic acid groups (broad SMARTS) is 1. The number of rotatable bonds is 4. The molecule has 28 heavy (non-hydrogen) atoms. The number of piperidine rings is 1. The SMILES string of the molecule is O=C(O)[C@H]1CCCCN1C(=O)c1ccc(Oc2ccc(C(F)(F)F)cn2)cc1. The van der Waals surface area contributed by atoms with Crippen LogP contribution >= 0.6 is 0 Å². The Morgan fingerprint density at radius 3 is 2.39 bits per heavy atom. The van der Waals surface area contributed by atoms with Gasteiger partial charge in [-0.2, -0.15) is 13.2 Å². The van der Waals surface area contributed by atoms with Gasteiger partial charge in [0.05, 0.1) is 5.56 Å². The molecule has 0 unspecified atom stereocenters. The van der Waals surface area contributed by atoms with Crippen LogP contribution in [0.25, 0.3) is 0 Å². The van der Waals surface area contributed by atoms with Gasteiger partial charge in [0.25, 0.3) is 5.91 Å². The minimum atomic E-state index is -4.48. The average Bonchev–Trinajstić information content (AvgIpc) is 2.68. The number of hydrogen-bond acceptors (Lipinski definition) is 4. The molecule has 0 spiro atoms. The molecular formula is C19H17F3N2O4. The van der Waals surface area contributed by atoms with E-state index < -0.39 is 23.8 Å². The van der Waals surface area contributed by atoms with Crippen molar-refractivity contribution in [1.29, 1.82) is 0 Å². The van der Waals surface area contributed by atoms with Crippen LogP contribution in [-0.2, 0) is 11.0 Å². The first-order chi connectivity index (χ1) is 13.3. The summed E-state index contributed by atoms with van der Waals surface area (Å²) in [6.07, 6.45) is -1.88. The lowest BCUT2D eigenvalue weighted by Gasteiger charge is -2.33. The van der Waals surface area contributed by atoms with E-state index in [1.54, 1.807) is 0 Å². The monoisotopic (exact) mass is 394 g/mol. The number of halogens is 3. The molecule has 3 rings (SSSR count). The van der Waals surface area contributed by atoms with Gasteiger partial charge in [-0.05, 0) is 49.6 Å². The van der Waals surface area contributed by atoms with Crippen LogP contribution in [-0.4, -0.2) is 39.5 Å². The predicted octanol–water partition coefficient (Wildman–Crippen LogP) is 3.97. The van der Waals surface area contributed by atoms with Gasteiger partial charge in [-0.15, -0.1) is 0 Å². The number of carbonyl (C=O) groups is 2. The smallest absolute Gasteiger partial charge is 0.417 e. The van der Waals surface area contributed by atoms with Crippen molar-refractivity contribution in [2.24, 2.45) is 0 Å². The molecule has 1 aromatic carbocycles. The summed E-state index contributed by atoms with van der Waals surface area (Å²) in [6.45, 7) is 0.378. The maximum Gasteiger partial charge on any atom is 0.417 e. The summed E-state index contributed by atoms with van der Waals surface area (Å²) in [5, 5.41) is 9.29. The molecule has 1 saturated heterocycles. The Labute approximate surface area is 158 Å². The number of pyridine rings is 1. The van der Waals surface area contributed by atoms with Crippen molar-refractivity contribution in [3.63, 3.8) is 0 Å². The molecular weight excluding hydrogens is 377 g/mol. The van der Waals surface area contributed by atoms with Gasteiger partial charge < -0.3 is 14.7 Å². The van der Waals surface area contributed by atoms with Crippen molar-refractivity contribution < 1.29 is 32.6 Å². The summed E-state index contributed by atoms with van der Waals surface area (Å²) in [4.78, 5) is 28.9. The summed E-state index contributed by atoms with van der Waals surface area (Å²) in [7, 11) is 0. The fraction of sp³-hybridized carbons (Fsp3) is 0.316. The number of benzene rings is 1. The quantitative estimate of drug-likeness (QED) is 0.849. The van der Waals surface area contributed by atoms with Crippen LogP contribution in [0.3, 0.4) is 0 Å². The molecule has 2 aromatic rings. The Balaban J connectivity index is 1.69. The number of aliphatic carboxylic acids is 1. The Kier molecular flexibility index (Phi) is 5.53. The number of aromatic nitrogens is 1. The molecule has 1 fully saturated rings. The second-order valence-electron chi connectivity index (χ2n) is 6.36. The molecule has 1 N–H and O–H groups in total. The van der Waals surface area contributed by atoms with E-state index >= 15 is 0 Å². The minimum absolute atomic E-state index is 0.0194. The highest BCUT2D eigenvalue weighted by molar-refractivity contribution is 5.96.